The van der Waals surface area contributed by atoms with Crippen LogP contribution in [0.1, 0.15) is 33.6 Å². The Morgan fingerprint density at radius 2 is 1.95 bits per heavy atom. The molecule has 0 saturated carbocycles. The van der Waals surface area contributed by atoms with Gasteiger partial charge in [0.2, 0.25) is 5.91 Å². The maximum absolute atomic E-state index is 11.9. The number of carboxylic acid groups (broad SMARTS) is 1. The minimum Gasteiger partial charge on any atom is -0.481 e. The van der Waals surface area contributed by atoms with Crippen molar-refractivity contribution in [1.29, 1.82) is 0 Å². The standard InChI is InChI=1S/C13H23N3O4/c1-13(2,3)15-10(17)7-14-12(20)16-6-4-5-9(8-16)11(18)19/h9H,4-8H2,1-3H3,(H,14,20)(H,15,17)(H,18,19)/t9-/m0/s1. The van der Waals surface area contributed by atoms with Crippen LogP contribution in [0.2, 0.25) is 0 Å². The first-order valence-electron chi connectivity index (χ1n) is 6.75. The van der Waals surface area contributed by atoms with Crippen molar-refractivity contribution in [2.24, 2.45) is 5.92 Å². The average molecular weight is 285 g/mol. The number of hydrogen-bond acceptors (Lipinski definition) is 3. The maximum Gasteiger partial charge on any atom is 0.317 e. The predicted octanol–water partition coefficient (Wildman–Crippen LogP) is 0.407. The summed E-state index contributed by atoms with van der Waals surface area (Å²) in [6.45, 7) is 6.18. The highest BCUT2D eigenvalue weighted by atomic mass is 16.4. The van der Waals surface area contributed by atoms with E-state index in [9.17, 15) is 14.4 Å². The molecule has 1 rings (SSSR count). The molecular weight excluding hydrogens is 262 g/mol. The van der Waals surface area contributed by atoms with Gasteiger partial charge in [0.05, 0.1) is 12.5 Å². The lowest BCUT2D eigenvalue weighted by Crippen LogP contribution is -2.51. The SMILES string of the molecule is CC(C)(C)NC(=O)CNC(=O)N1CCC[C@H](C(=O)O)C1. The molecular formula is C13H23N3O4. The molecule has 0 aromatic rings. The van der Waals surface area contributed by atoms with Crippen LogP contribution >= 0.6 is 0 Å². The minimum absolute atomic E-state index is 0.107. The van der Waals surface area contributed by atoms with Crippen molar-refractivity contribution in [3.05, 3.63) is 0 Å². The first kappa shape index (κ1) is 16.3. The quantitative estimate of drug-likeness (QED) is 0.699. The predicted molar refractivity (Wildman–Crippen MR) is 73.2 cm³/mol. The lowest BCUT2D eigenvalue weighted by Gasteiger charge is -2.30. The van der Waals surface area contributed by atoms with Crippen LogP contribution in [0.15, 0.2) is 0 Å². The summed E-state index contributed by atoms with van der Waals surface area (Å²) < 4.78 is 0. The molecule has 0 unspecified atom stereocenters. The van der Waals surface area contributed by atoms with Crippen molar-refractivity contribution in [2.75, 3.05) is 19.6 Å². The van der Waals surface area contributed by atoms with Crippen molar-refractivity contribution < 1.29 is 19.5 Å². The second-order valence-electron chi connectivity index (χ2n) is 6.08. The number of rotatable bonds is 3. The summed E-state index contributed by atoms with van der Waals surface area (Å²) >= 11 is 0. The van der Waals surface area contributed by atoms with Gasteiger partial charge in [-0.1, -0.05) is 0 Å². The van der Waals surface area contributed by atoms with Crippen molar-refractivity contribution >= 4 is 17.9 Å². The van der Waals surface area contributed by atoms with E-state index < -0.39 is 11.9 Å². The third-order valence-corrected chi connectivity index (χ3v) is 2.97. The van der Waals surface area contributed by atoms with Crippen LogP contribution in [0.5, 0.6) is 0 Å². The molecule has 0 spiro atoms. The molecule has 0 bridgehead atoms. The zero-order valence-corrected chi connectivity index (χ0v) is 12.2. The van der Waals surface area contributed by atoms with Crippen molar-refractivity contribution in [2.45, 2.75) is 39.2 Å². The lowest BCUT2D eigenvalue weighted by atomic mass is 9.99. The van der Waals surface area contributed by atoms with Crippen molar-refractivity contribution in [3.63, 3.8) is 0 Å². The van der Waals surface area contributed by atoms with Gasteiger partial charge >= 0.3 is 12.0 Å². The van der Waals surface area contributed by atoms with E-state index in [4.69, 9.17) is 5.11 Å². The molecule has 0 radical (unpaired) electrons. The number of urea groups is 1. The molecule has 20 heavy (non-hydrogen) atoms. The van der Waals surface area contributed by atoms with Gasteiger partial charge in [0, 0.05) is 18.6 Å². The molecule has 3 amide bonds. The largest absolute Gasteiger partial charge is 0.481 e. The molecule has 1 aliphatic rings. The summed E-state index contributed by atoms with van der Waals surface area (Å²) in [4.78, 5) is 35.8. The fourth-order valence-corrected chi connectivity index (χ4v) is 2.09. The lowest BCUT2D eigenvalue weighted by molar-refractivity contribution is -0.143. The van der Waals surface area contributed by atoms with Crippen molar-refractivity contribution in [1.82, 2.24) is 15.5 Å². The van der Waals surface area contributed by atoms with Crippen LogP contribution in [-0.4, -0.2) is 53.1 Å². The summed E-state index contributed by atoms with van der Waals surface area (Å²) in [5, 5.41) is 14.2. The number of carboxylic acids is 1. The molecule has 1 fully saturated rings. The van der Waals surface area contributed by atoms with Crippen LogP contribution in [0.4, 0.5) is 4.79 Å². The van der Waals surface area contributed by atoms with Crippen LogP contribution < -0.4 is 10.6 Å². The number of piperidine rings is 1. The number of hydrogen-bond donors (Lipinski definition) is 3. The molecule has 1 aliphatic heterocycles. The van der Waals surface area contributed by atoms with Gasteiger partial charge in [-0.25, -0.2) is 4.79 Å². The molecule has 7 nitrogen and oxygen atoms in total. The third kappa shape index (κ3) is 5.46. The Morgan fingerprint density at radius 3 is 2.50 bits per heavy atom. The molecule has 7 heteroatoms. The number of amides is 3. The van der Waals surface area contributed by atoms with E-state index in [-0.39, 0.29) is 30.6 Å². The normalized spacial score (nSPS) is 19.4. The van der Waals surface area contributed by atoms with E-state index in [1.54, 1.807) is 0 Å². The highest BCUT2D eigenvalue weighted by molar-refractivity contribution is 5.84. The van der Waals surface area contributed by atoms with Crippen LogP contribution in [0.3, 0.4) is 0 Å². The molecule has 3 N–H and O–H groups in total. The summed E-state index contributed by atoms with van der Waals surface area (Å²) in [7, 11) is 0. The zero-order chi connectivity index (χ0) is 15.3. The highest BCUT2D eigenvalue weighted by Gasteiger charge is 2.28. The van der Waals surface area contributed by atoms with Gasteiger partial charge < -0.3 is 20.6 Å². The molecule has 1 saturated heterocycles. The molecule has 0 aromatic heterocycles. The number of carbonyl (C=O) groups is 3. The van der Waals surface area contributed by atoms with Gasteiger partial charge in [0.1, 0.15) is 0 Å². The van der Waals surface area contributed by atoms with E-state index in [0.717, 1.165) is 0 Å². The Balaban J connectivity index is 2.39. The minimum atomic E-state index is -0.882. The van der Waals surface area contributed by atoms with Gasteiger partial charge in [0.25, 0.3) is 0 Å². The Labute approximate surface area is 118 Å². The number of nitrogens with one attached hydrogen (secondary N) is 2. The zero-order valence-electron chi connectivity index (χ0n) is 12.2. The molecule has 1 heterocycles. The monoisotopic (exact) mass is 285 g/mol. The smallest absolute Gasteiger partial charge is 0.317 e. The van der Waals surface area contributed by atoms with Crippen LogP contribution in [-0.2, 0) is 9.59 Å². The summed E-state index contributed by atoms with van der Waals surface area (Å²) in [6.07, 6.45) is 1.25. The molecule has 114 valence electrons. The van der Waals surface area contributed by atoms with E-state index in [1.165, 1.54) is 4.90 Å². The second-order valence-corrected chi connectivity index (χ2v) is 6.08. The first-order valence-corrected chi connectivity index (χ1v) is 6.75. The van der Waals surface area contributed by atoms with Gasteiger partial charge in [-0.15, -0.1) is 0 Å². The Hall–Kier alpha value is -1.79. The van der Waals surface area contributed by atoms with Gasteiger partial charge in [-0.05, 0) is 33.6 Å². The number of aliphatic carboxylic acids is 1. The number of carbonyl (C=O) groups excluding carboxylic acids is 2. The maximum atomic E-state index is 11.9. The first-order chi connectivity index (χ1) is 9.19. The summed E-state index contributed by atoms with van der Waals surface area (Å²) in [5.41, 5.74) is -0.346. The molecule has 0 aliphatic carbocycles. The Bertz CT molecular complexity index is 390. The summed E-state index contributed by atoms with van der Waals surface area (Å²) in [5.74, 6) is -1.66. The van der Waals surface area contributed by atoms with E-state index >= 15 is 0 Å². The molecule has 0 aromatic carbocycles. The average Bonchev–Trinajstić information content (AvgIpc) is 2.34. The topological polar surface area (TPSA) is 98.7 Å². The highest BCUT2D eigenvalue weighted by Crippen LogP contribution is 2.16. The van der Waals surface area contributed by atoms with Gasteiger partial charge in [-0.2, -0.15) is 0 Å². The third-order valence-electron chi connectivity index (χ3n) is 2.97. The summed E-state index contributed by atoms with van der Waals surface area (Å²) in [6, 6.07) is -0.389. The Kier molecular flexibility index (Phi) is 5.35. The van der Waals surface area contributed by atoms with E-state index in [1.807, 2.05) is 20.8 Å². The second kappa shape index (κ2) is 6.58. The van der Waals surface area contributed by atoms with Gasteiger partial charge in [0.15, 0.2) is 0 Å². The fraction of sp³-hybridized carbons (Fsp3) is 0.769. The number of nitrogens with zero attached hydrogens (tertiary/aromatic N) is 1. The molecule has 1 atom stereocenters. The van der Waals surface area contributed by atoms with E-state index in [0.29, 0.717) is 19.4 Å². The number of likely N-dealkylation sites (tertiary alicyclic amines) is 1. The fourth-order valence-electron chi connectivity index (χ4n) is 2.09. The van der Waals surface area contributed by atoms with Crippen molar-refractivity contribution in [3.8, 4) is 0 Å². The van der Waals surface area contributed by atoms with Crippen LogP contribution in [0.25, 0.3) is 0 Å². The Morgan fingerprint density at radius 1 is 1.30 bits per heavy atom. The van der Waals surface area contributed by atoms with Crippen LogP contribution in [0, 0.1) is 5.92 Å². The van der Waals surface area contributed by atoms with Gasteiger partial charge in [-0.3, -0.25) is 9.59 Å². The van der Waals surface area contributed by atoms with E-state index in [2.05, 4.69) is 10.6 Å².